The van der Waals surface area contributed by atoms with Gasteiger partial charge in [-0.05, 0) is 55.7 Å². The molecular weight excluding hydrogens is 417 g/mol. The third kappa shape index (κ3) is 4.87. The maximum Gasteiger partial charge on any atom is 0.257 e. The number of amides is 1. The van der Waals surface area contributed by atoms with Crippen LogP contribution >= 0.6 is 35.4 Å². The second-order valence-electron chi connectivity index (χ2n) is 6.45. The first-order valence-electron chi connectivity index (χ1n) is 8.99. The first kappa shape index (κ1) is 20.7. The Morgan fingerprint density at radius 2 is 1.75 bits per heavy atom. The Morgan fingerprint density at radius 1 is 1.11 bits per heavy atom. The molecule has 0 aliphatic carbocycles. The van der Waals surface area contributed by atoms with Crippen LogP contribution in [0.3, 0.4) is 0 Å². The SMILES string of the molecule is COc1c(Cl)cc(C(=O)NC(=S)Nc2ccccc2N2CCCCC2)cc1Cl. The normalized spacial score (nSPS) is 13.8. The number of carbonyl (C=O) groups is 1. The molecule has 0 unspecified atom stereocenters. The Labute approximate surface area is 180 Å². The number of piperidine rings is 1. The molecule has 1 saturated heterocycles. The van der Waals surface area contributed by atoms with Gasteiger partial charge in [-0.1, -0.05) is 35.3 Å². The van der Waals surface area contributed by atoms with Crippen molar-refractivity contribution in [3.8, 4) is 5.75 Å². The number of benzene rings is 2. The van der Waals surface area contributed by atoms with Crippen LogP contribution in [0.2, 0.25) is 10.0 Å². The van der Waals surface area contributed by atoms with Crippen molar-refractivity contribution in [1.29, 1.82) is 0 Å². The second kappa shape index (κ2) is 9.45. The molecule has 0 atom stereocenters. The number of hydrogen-bond donors (Lipinski definition) is 2. The topological polar surface area (TPSA) is 53.6 Å². The van der Waals surface area contributed by atoms with Crippen molar-refractivity contribution in [1.82, 2.24) is 5.32 Å². The molecule has 1 fully saturated rings. The lowest BCUT2D eigenvalue weighted by molar-refractivity contribution is 0.0977. The fraction of sp³-hybridized carbons (Fsp3) is 0.300. The highest BCUT2D eigenvalue weighted by Crippen LogP contribution is 2.34. The molecule has 2 aromatic carbocycles. The zero-order valence-corrected chi connectivity index (χ0v) is 17.8. The molecule has 1 heterocycles. The fourth-order valence-corrected chi connectivity index (χ4v) is 4.05. The molecule has 5 nitrogen and oxygen atoms in total. The summed E-state index contributed by atoms with van der Waals surface area (Å²) < 4.78 is 5.10. The molecule has 3 rings (SSSR count). The number of methoxy groups -OCH3 is 1. The van der Waals surface area contributed by atoms with Gasteiger partial charge in [-0.15, -0.1) is 0 Å². The van der Waals surface area contributed by atoms with E-state index in [1.54, 1.807) is 0 Å². The molecule has 0 spiro atoms. The van der Waals surface area contributed by atoms with Gasteiger partial charge in [-0.25, -0.2) is 0 Å². The molecule has 8 heteroatoms. The van der Waals surface area contributed by atoms with E-state index in [1.807, 2.05) is 18.2 Å². The van der Waals surface area contributed by atoms with Crippen LogP contribution < -0.4 is 20.3 Å². The summed E-state index contributed by atoms with van der Waals surface area (Å²) in [5.74, 6) is -0.0737. The standard InChI is InChI=1S/C20H21Cl2N3O2S/c1-27-18-14(21)11-13(12-15(18)22)19(26)24-20(28)23-16-7-3-4-8-17(16)25-9-5-2-6-10-25/h3-4,7-8,11-12H,2,5-6,9-10H2,1H3,(H2,23,24,26,28). The minimum atomic E-state index is -0.403. The highest BCUT2D eigenvalue weighted by Gasteiger charge is 2.17. The van der Waals surface area contributed by atoms with E-state index < -0.39 is 5.91 Å². The number of anilines is 2. The monoisotopic (exact) mass is 437 g/mol. The van der Waals surface area contributed by atoms with Crippen LogP contribution in [0.15, 0.2) is 36.4 Å². The molecule has 1 aliphatic rings. The predicted octanol–water partition coefficient (Wildman–Crippen LogP) is 5.12. The van der Waals surface area contributed by atoms with Gasteiger partial charge in [0, 0.05) is 18.7 Å². The van der Waals surface area contributed by atoms with Crippen molar-refractivity contribution < 1.29 is 9.53 Å². The number of nitrogens with zero attached hydrogens (tertiary/aromatic N) is 1. The lowest BCUT2D eigenvalue weighted by Gasteiger charge is -2.30. The Morgan fingerprint density at radius 3 is 2.39 bits per heavy atom. The van der Waals surface area contributed by atoms with Crippen LogP contribution in [-0.2, 0) is 0 Å². The van der Waals surface area contributed by atoms with Crippen LogP contribution in [0.5, 0.6) is 5.75 Å². The Hall–Kier alpha value is -2.02. The van der Waals surface area contributed by atoms with Crippen molar-refractivity contribution >= 4 is 57.8 Å². The van der Waals surface area contributed by atoms with E-state index in [9.17, 15) is 4.79 Å². The van der Waals surface area contributed by atoms with Crippen molar-refractivity contribution in [2.45, 2.75) is 19.3 Å². The lowest BCUT2D eigenvalue weighted by atomic mass is 10.1. The number of ether oxygens (including phenoxy) is 1. The summed E-state index contributed by atoms with van der Waals surface area (Å²) in [6, 6.07) is 10.9. The maximum atomic E-state index is 12.5. The van der Waals surface area contributed by atoms with Crippen LogP contribution in [-0.4, -0.2) is 31.2 Å². The zero-order valence-electron chi connectivity index (χ0n) is 15.4. The van der Waals surface area contributed by atoms with Crippen LogP contribution in [0, 0.1) is 0 Å². The van der Waals surface area contributed by atoms with Crippen molar-refractivity contribution in [2.75, 3.05) is 30.4 Å². The molecule has 2 N–H and O–H groups in total. The molecule has 0 bridgehead atoms. The van der Waals surface area contributed by atoms with Crippen LogP contribution in [0.1, 0.15) is 29.6 Å². The van der Waals surface area contributed by atoms with E-state index >= 15 is 0 Å². The van der Waals surface area contributed by atoms with E-state index in [1.165, 1.54) is 38.5 Å². The van der Waals surface area contributed by atoms with Crippen LogP contribution in [0.25, 0.3) is 0 Å². The molecule has 0 radical (unpaired) electrons. The molecule has 0 aromatic heterocycles. The van der Waals surface area contributed by atoms with Gasteiger partial charge in [0.15, 0.2) is 10.9 Å². The van der Waals surface area contributed by atoms with Gasteiger partial charge >= 0.3 is 0 Å². The predicted molar refractivity (Wildman–Crippen MR) is 119 cm³/mol. The first-order valence-corrected chi connectivity index (χ1v) is 10.2. The highest BCUT2D eigenvalue weighted by atomic mass is 35.5. The number of nitrogens with one attached hydrogen (secondary N) is 2. The van der Waals surface area contributed by atoms with Crippen molar-refractivity contribution in [2.24, 2.45) is 0 Å². The number of para-hydroxylation sites is 2. The summed E-state index contributed by atoms with van der Waals surface area (Å²) >= 11 is 17.6. The Balaban J connectivity index is 1.70. The number of hydrogen-bond acceptors (Lipinski definition) is 4. The summed E-state index contributed by atoms with van der Waals surface area (Å²) in [5.41, 5.74) is 2.24. The Bertz CT molecular complexity index is 862. The average Bonchev–Trinajstić information content (AvgIpc) is 2.68. The molecule has 148 valence electrons. The van der Waals surface area contributed by atoms with E-state index in [-0.39, 0.29) is 15.2 Å². The highest BCUT2D eigenvalue weighted by molar-refractivity contribution is 7.80. The van der Waals surface area contributed by atoms with E-state index in [2.05, 4.69) is 21.6 Å². The first-order chi connectivity index (χ1) is 13.5. The van der Waals surface area contributed by atoms with E-state index in [0.29, 0.717) is 11.3 Å². The maximum absolute atomic E-state index is 12.5. The van der Waals surface area contributed by atoms with Gasteiger partial charge in [0.25, 0.3) is 5.91 Å². The molecule has 2 aromatic rings. The van der Waals surface area contributed by atoms with Gasteiger partial charge in [0.05, 0.1) is 28.5 Å². The lowest BCUT2D eigenvalue weighted by Crippen LogP contribution is -2.35. The minimum Gasteiger partial charge on any atom is -0.494 e. The summed E-state index contributed by atoms with van der Waals surface area (Å²) in [5, 5.41) is 6.52. The zero-order chi connectivity index (χ0) is 20.1. The van der Waals surface area contributed by atoms with E-state index in [0.717, 1.165) is 24.5 Å². The van der Waals surface area contributed by atoms with Gasteiger partial charge in [-0.2, -0.15) is 0 Å². The van der Waals surface area contributed by atoms with Crippen LogP contribution in [0.4, 0.5) is 11.4 Å². The summed E-state index contributed by atoms with van der Waals surface area (Å²) in [4.78, 5) is 14.9. The molecule has 1 amide bonds. The van der Waals surface area contributed by atoms with Gasteiger partial charge < -0.3 is 15.0 Å². The minimum absolute atomic E-state index is 0.206. The largest absolute Gasteiger partial charge is 0.494 e. The number of halogens is 2. The van der Waals surface area contributed by atoms with Gasteiger partial charge in [0.1, 0.15) is 0 Å². The quantitative estimate of drug-likeness (QED) is 0.650. The van der Waals surface area contributed by atoms with Crippen molar-refractivity contribution in [3.05, 3.63) is 52.0 Å². The molecule has 28 heavy (non-hydrogen) atoms. The number of carbonyl (C=O) groups excluding carboxylic acids is 1. The summed E-state index contributed by atoms with van der Waals surface area (Å²) in [6.45, 7) is 2.03. The van der Waals surface area contributed by atoms with Gasteiger partial charge in [0.2, 0.25) is 0 Å². The second-order valence-corrected chi connectivity index (χ2v) is 7.67. The Kier molecular flexibility index (Phi) is 6.99. The number of rotatable bonds is 4. The summed E-state index contributed by atoms with van der Waals surface area (Å²) in [7, 11) is 1.46. The molecule has 0 saturated carbocycles. The van der Waals surface area contributed by atoms with Crippen molar-refractivity contribution in [3.63, 3.8) is 0 Å². The van der Waals surface area contributed by atoms with E-state index in [4.69, 9.17) is 40.2 Å². The smallest absolute Gasteiger partial charge is 0.257 e. The average molecular weight is 438 g/mol. The third-order valence-electron chi connectivity index (χ3n) is 4.54. The third-order valence-corrected chi connectivity index (χ3v) is 5.31. The number of thiocarbonyl (C=S) groups is 1. The fourth-order valence-electron chi connectivity index (χ4n) is 3.20. The molecule has 1 aliphatic heterocycles. The molecular formula is C20H21Cl2N3O2S. The summed E-state index contributed by atoms with van der Waals surface area (Å²) in [6.07, 6.45) is 3.61. The van der Waals surface area contributed by atoms with Gasteiger partial charge in [-0.3, -0.25) is 10.1 Å².